The molecule has 1 heterocycles. The molecule has 3 nitrogen and oxygen atoms in total. The third kappa shape index (κ3) is 4.48. The Hall–Kier alpha value is -2.20. The van der Waals surface area contributed by atoms with E-state index < -0.39 is 5.97 Å². The molecule has 0 radical (unpaired) electrons. The van der Waals surface area contributed by atoms with Gasteiger partial charge in [0.2, 0.25) is 0 Å². The van der Waals surface area contributed by atoms with Crippen LogP contribution in [0.1, 0.15) is 11.1 Å². The summed E-state index contributed by atoms with van der Waals surface area (Å²) in [5, 5.41) is 0.385. The number of esters is 1. The van der Waals surface area contributed by atoms with Crippen LogP contribution in [-0.4, -0.2) is 11.0 Å². The summed E-state index contributed by atoms with van der Waals surface area (Å²) >= 11 is 5.65. The fourth-order valence-corrected chi connectivity index (χ4v) is 1.54. The van der Waals surface area contributed by atoms with Crippen molar-refractivity contribution in [2.24, 2.45) is 0 Å². The smallest absolute Gasteiger partial charge is 0.331 e. The van der Waals surface area contributed by atoms with Crippen LogP contribution in [0.4, 0.5) is 4.39 Å². The topological polar surface area (TPSA) is 39.2 Å². The van der Waals surface area contributed by atoms with Gasteiger partial charge in [-0.05, 0) is 29.8 Å². The number of hydrogen-bond acceptors (Lipinski definition) is 3. The fourth-order valence-electron chi connectivity index (χ4n) is 1.43. The van der Waals surface area contributed by atoms with E-state index in [0.29, 0.717) is 5.15 Å². The van der Waals surface area contributed by atoms with Gasteiger partial charge in [-0.25, -0.2) is 14.2 Å². The molecule has 0 aliphatic heterocycles. The first-order chi connectivity index (χ1) is 9.63. The van der Waals surface area contributed by atoms with Crippen LogP contribution in [0, 0.1) is 5.82 Å². The van der Waals surface area contributed by atoms with Gasteiger partial charge in [0.25, 0.3) is 0 Å². The first-order valence-electron chi connectivity index (χ1n) is 5.84. The summed E-state index contributed by atoms with van der Waals surface area (Å²) < 4.78 is 17.7. The van der Waals surface area contributed by atoms with Gasteiger partial charge in [-0.15, -0.1) is 0 Å². The predicted octanol–water partition coefficient (Wildman–Crippen LogP) is 3.63. The van der Waals surface area contributed by atoms with Gasteiger partial charge in [0, 0.05) is 17.8 Å². The van der Waals surface area contributed by atoms with Gasteiger partial charge < -0.3 is 4.74 Å². The highest BCUT2D eigenvalue weighted by atomic mass is 35.5. The van der Waals surface area contributed by atoms with Crippen molar-refractivity contribution in [3.8, 4) is 0 Å². The van der Waals surface area contributed by atoms with Crippen LogP contribution in [0.3, 0.4) is 0 Å². The standard InChI is InChI=1S/C15H11ClFNO2/c16-14-7-3-12(9-18-14)10-20-15(19)8-4-11-1-5-13(17)6-2-11/h1-9H,10H2/b8-4+. The maximum atomic E-state index is 12.7. The van der Waals surface area contributed by atoms with E-state index in [1.807, 2.05) is 0 Å². The quantitative estimate of drug-likeness (QED) is 0.490. The van der Waals surface area contributed by atoms with E-state index in [0.717, 1.165) is 11.1 Å². The number of hydrogen-bond donors (Lipinski definition) is 0. The summed E-state index contributed by atoms with van der Waals surface area (Å²) in [4.78, 5) is 15.4. The largest absolute Gasteiger partial charge is 0.458 e. The van der Waals surface area contributed by atoms with Crippen molar-refractivity contribution in [3.05, 3.63) is 70.8 Å². The summed E-state index contributed by atoms with van der Waals surface area (Å²) in [6, 6.07) is 9.14. The van der Waals surface area contributed by atoms with Crippen LogP contribution in [0.2, 0.25) is 5.15 Å². The van der Waals surface area contributed by atoms with Crippen LogP contribution in [0.25, 0.3) is 6.08 Å². The molecule has 1 aromatic heterocycles. The molecule has 0 amide bonds. The Morgan fingerprint density at radius 3 is 2.65 bits per heavy atom. The molecule has 0 fully saturated rings. The summed E-state index contributed by atoms with van der Waals surface area (Å²) in [6.45, 7) is 0.122. The van der Waals surface area contributed by atoms with Gasteiger partial charge in [0.1, 0.15) is 17.6 Å². The zero-order valence-corrected chi connectivity index (χ0v) is 11.2. The van der Waals surface area contributed by atoms with Gasteiger partial charge >= 0.3 is 5.97 Å². The number of carbonyl (C=O) groups is 1. The number of carbonyl (C=O) groups excluding carboxylic acids is 1. The molecule has 2 aromatic rings. The van der Waals surface area contributed by atoms with Crippen LogP contribution >= 0.6 is 11.6 Å². The SMILES string of the molecule is O=C(/C=C/c1ccc(F)cc1)OCc1ccc(Cl)nc1. The van der Waals surface area contributed by atoms with Crippen molar-refractivity contribution < 1.29 is 13.9 Å². The minimum atomic E-state index is -0.482. The number of nitrogens with zero attached hydrogens (tertiary/aromatic N) is 1. The summed E-state index contributed by atoms with van der Waals surface area (Å²) in [5.41, 5.74) is 1.47. The van der Waals surface area contributed by atoms with E-state index in [1.165, 1.54) is 18.2 Å². The Bertz CT molecular complexity index is 609. The van der Waals surface area contributed by atoms with Crippen molar-refractivity contribution in [3.63, 3.8) is 0 Å². The first kappa shape index (κ1) is 14.2. The second kappa shape index (κ2) is 6.82. The first-order valence-corrected chi connectivity index (χ1v) is 6.22. The van der Waals surface area contributed by atoms with Crippen LogP contribution in [0.5, 0.6) is 0 Å². The van der Waals surface area contributed by atoms with Crippen molar-refractivity contribution in [1.82, 2.24) is 4.98 Å². The third-order valence-electron chi connectivity index (χ3n) is 2.45. The fraction of sp³-hybridized carbons (Fsp3) is 0.0667. The van der Waals surface area contributed by atoms with Crippen molar-refractivity contribution in [2.75, 3.05) is 0 Å². The van der Waals surface area contributed by atoms with E-state index in [2.05, 4.69) is 4.98 Å². The van der Waals surface area contributed by atoms with Crippen molar-refractivity contribution >= 4 is 23.6 Å². The maximum absolute atomic E-state index is 12.7. The van der Waals surface area contributed by atoms with Gasteiger partial charge in [-0.3, -0.25) is 0 Å². The Morgan fingerprint density at radius 2 is 2.00 bits per heavy atom. The molecule has 2 rings (SSSR count). The molecular weight excluding hydrogens is 281 g/mol. The highest BCUT2D eigenvalue weighted by molar-refractivity contribution is 6.29. The molecule has 0 bridgehead atoms. The van der Waals surface area contributed by atoms with E-state index in [4.69, 9.17) is 16.3 Å². The normalized spacial score (nSPS) is 10.7. The summed E-state index contributed by atoms with van der Waals surface area (Å²) in [7, 11) is 0. The molecular formula is C15H11ClFNO2. The lowest BCUT2D eigenvalue weighted by Gasteiger charge is -2.01. The van der Waals surface area contributed by atoms with Gasteiger partial charge in [-0.2, -0.15) is 0 Å². The number of halogens is 2. The minimum absolute atomic E-state index is 0.122. The number of benzene rings is 1. The lowest BCUT2D eigenvalue weighted by molar-refractivity contribution is -0.138. The Morgan fingerprint density at radius 1 is 1.25 bits per heavy atom. The second-order valence-electron chi connectivity index (χ2n) is 3.98. The van der Waals surface area contributed by atoms with Crippen LogP contribution in [-0.2, 0) is 16.1 Å². The molecule has 5 heteroatoms. The molecule has 0 saturated carbocycles. The highest BCUT2D eigenvalue weighted by Crippen LogP contribution is 2.07. The van der Waals surface area contributed by atoms with E-state index in [9.17, 15) is 9.18 Å². The number of ether oxygens (including phenoxy) is 1. The Balaban J connectivity index is 1.86. The zero-order chi connectivity index (χ0) is 14.4. The molecule has 0 saturated heterocycles. The number of rotatable bonds is 4. The lowest BCUT2D eigenvalue weighted by atomic mass is 10.2. The maximum Gasteiger partial charge on any atom is 0.331 e. The monoisotopic (exact) mass is 291 g/mol. The van der Waals surface area contributed by atoms with Crippen molar-refractivity contribution in [1.29, 1.82) is 0 Å². The van der Waals surface area contributed by atoms with Gasteiger partial charge in [-0.1, -0.05) is 29.8 Å². The van der Waals surface area contributed by atoms with Crippen molar-refractivity contribution in [2.45, 2.75) is 6.61 Å². The molecule has 0 N–H and O–H groups in total. The molecule has 20 heavy (non-hydrogen) atoms. The molecule has 0 atom stereocenters. The summed E-state index contributed by atoms with van der Waals surface area (Å²) in [6.07, 6.45) is 4.39. The molecule has 1 aromatic carbocycles. The average Bonchev–Trinajstić information content (AvgIpc) is 2.46. The molecule has 0 unspecified atom stereocenters. The van der Waals surface area contributed by atoms with Gasteiger partial charge in [0.15, 0.2) is 0 Å². The van der Waals surface area contributed by atoms with E-state index >= 15 is 0 Å². The Kier molecular flexibility index (Phi) is 4.85. The highest BCUT2D eigenvalue weighted by Gasteiger charge is 1.99. The van der Waals surface area contributed by atoms with Crippen LogP contribution < -0.4 is 0 Å². The zero-order valence-electron chi connectivity index (χ0n) is 10.4. The lowest BCUT2D eigenvalue weighted by Crippen LogP contribution is -2.00. The average molecular weight is 292 g/mol. The third-order valence-corrected chi connectivity index (χ3v) is 2.68. The number of pyridine rings is 1. The summed E-state index contributed by atoms with van der Waals surface area (Å²) in [5.74, 6) is -0.802. The molecule has 0 spiro atoms. The van der Waals surface area contributed by atoms with Gasteiger partial charge in [0.05, 0.1) is 0 Å². The predicted molar refractivity (Wildman–Crippen MR) is 74.5 cm³/mol. The molecule has 0 aliphatic rings. The molecule has 0 aliphatic carbocycles. The van der Waals surface area contributed by atoms with E-state index in [-0.39, 0.29) is 12.4 Å². The second-order valence-corrected chi connectivity index (χ2v) is 4.37. The number of aromatic nitrogens is 1. The van der Waals surface area contributed by atoms with E-state index in [1.54, 1.807) is 36.5 Å². The Labute approximate surface area is 120 Å². The van der Waals surface area contributed by atoms with Crippen LogP contribution in [0.15, 0.2) is 48.7 Å². The molecule has 102 valence electrons. The minimum Gasteiger partial charge on any atom is -0.458 e.